The SMILES string of the molecule is Cc1ccc(NCc2cccc(OCC(C)C)c2)nc1C#N. The standard InChI is InChI=1S/C18H21N3O/c1-13(2)12-22-16-6-4-5-15(9-16)11-20-18-8-7-14(3)17(10-19)21-18/h4-9,13H,11-12H2,1-3H3,(H,20,21). The normalized spacial score (nSPS) is 10.3. The smallest absolute Gasteiger partial charge is 0.145 e. The fraction of sp³-hybridized carbons (Fsp3) is 0.333. The highest BCUT2D eigenvalue weighted by molar-refractivity contribution is 5.43. The van der Waals surface area contributed by atoms with Gasteiger partial charge in [0, 0.05) is 6.54 Å². The summed E-state index contributed by atoms with van der Waals surface area (Å²) in [6.07, 6.45) is 0. The maximum Gasteiger partial charge on any atom is 0.145 e. The Morgan fingerprint density at radius 3 is 2.82 bits per heavy atom. The Morgan fingerprint density at radius 2 is 2.09 bits per heavy atom. The molecule has 1 heterocycles. The third-order valence-electron chi connectivity index (χ3n) is 3.16. The number of hydrogen-bond donors (Lipinski definition) is 1. The average Bonchev–Trinajstić information content (AvgIpc) is 2.52. The Hall–Kier alpha value is -2.54. The van der Waals surface area contributed by atoms with Crippen LogP contribution in [0.25, 0.3) is 0 Å². The topological polar surface area (TPSA) is 57.9 Å². The first kappa shape index (κ1) is 15.8. The van der Waals surface area contributed by atoms with E-state index >= 15 is 0 Å². The number of nitriles is 1. The Kier molecular flexibility index (Phi) is 5.37. The van der Waals surface area contributed by atoms with Crippen molar-refractivity contribution < 1.29 is 4.74 Å². The van der Waals surface area contributed by atoms with Gasteiger partial charge in [-0.2, -0.15) is 5.26 Å². The molecule has 0 aliphatic carbocycles. The van der Waals surface area contributed by atoms with E-state index in [9.17, 15) is 0 Å². The van der Waals surface area contributed by atoms with E-state index in [1.165, 1.54) is 0 Å². The van der Waals surface area contributed by atoms with E-state index in [2.05, 4.69) is 30.2 Å². The maximum atomic E-state index is 9.01. The van der Waals surface area contributed by atoms with Crippen LogP contribution >= 0.6 is 0 Å². The number of aryl methyl sites for hydroxylation is 1. The van der Waals surface area contributed by atoms with Crippen molar-refractivity contribution >= 4 is 5.82 Å². The van der Waals surface area contributed by atoms with E-state index in [0.29, 0.717) is 30.6 Å². The molecule has 0 spiro atoms. The molecule has 0 unspecified atom stereocenters. The fourth-order valence-electron chi connectivity index (χ4n) is 1.94. The first-order valence-corrected chi connectivity index (χ1v) is 7.42. The summed E-state index contributed by atoms with van der Waals surface area (Å²) in [5, 5.41) is 12.2. The molecule has 4 nitrogen and oxygen atoms in total. The molecule has 0 amide bonds. The Bertz CT molecular complexity index is 674. The minimum absolute atomic E-state index is 0.457. The zero-order valence-corrected chi connectivity index (χ0v) is 13.3. The predicted molar refractivity (Wildman–Crippen MR) is 87.8 cm³/mol. The van der Waals surface area contributed by atoms with Crippen LogP contribution in [0.3, 0.4) is 0 Å². The first-order chi connectivity index (χ1) is 10.6. The van der Waals surface area contributed by atoms with Crippen molar-refractivity contribution in [2.45, 2.75) is 27.3 Å². The average molecular weight is 295 g/mol. The highest BCUT2D eigenvalue weighted by Crippen LogP contribution is 2.16. The van der Waals surface area contributed by atoms with E-state index in [-0.39, 0.29) is 0 Å². The molecule has 114 valence electrons. The molecule has 0 saturated heterocycles. The van der Waals surface area contributed by atoms with Crippen molar-refractivity contribution in [3.63, 3.8) is 0 Å². The molecule has 0 radical (unpaired) electrons. The van der Waals surface area contributed by atoms with Gasteiger partial charge in [-0.25, -0.2) is 4.98 Å². The molecule has 0 bridgehead atoms. The van der Waals surface area contributed by atoms with E-state index in [1.807, 2.05) is 43.3 Å². The third-order valence-corrected chi connectivity index (χ3v) is 3.16. The summed E-state index contributed by atoms with van der Waals surface area (Å²) in [5.41, 5.74) is 2.46. The highest BCUT2D eigenvalue weighted by atomic mass is 16.5. The van der Waals surface area contributed by atoms with Gasteiger partial charge in [0.2, 0.25) is 0 Å². The second-order valence-corrected chi connectivity index (χ2v) is 5.68. The quantitative estimate of drug-likeness (QED) is 0.878. The van der Waals surface area contributed by atoms with Gasteiger partial charge >= 0.3 is 0 Å². The highest BCUT2D eigenvalue weighted by Gasteiger charge is 2.03. The molecule has 0 aliphatic heterocycles. The van der Waals surface area contributed by atoms with Gasteiger partial charge in [-0.3, -0.25) is 0 Å². The van der Waals surface area contributed by atoms with Gasteiger partial charge in [-0.1, -0.05) is 32.0 Å². The van der Waals surface area contributed by atoms with Gasteiger partial charge < -0.3 is 10.1 Å². The maximum absolute atomic E-state index is 9.01. The fourth-order valence-corrected chi connectivity index (χ4v) is 1.94. The molecule has 22 heavy (non-hydrogen) atoms. The Labute approximate surface area is 131 Å². The summed E-state index contributed by atoms with van der Waals surface area (Å²) in [4.78, 5) is 4.28. The summed E-state index contributed by atoms with van der Waals surface area (Å²) >= 11 is 0. The third kappa shape index (κ3) is 4.49. The summed E-state index contributed by atoms with van der Waals surface area (Å²) in [6, 6.07) is 13.9. The largest absolute Gasteiger partial charge is 0.493 e. The van der Waals surface area contributed by atoms with Gasteiger partial charge in [-0.05, 0) is 42.2 Å². The lowest BCUT2D eigenvalue weighted by atomic mass is 10.2. The number of rotatable bonds is 6. The van der Waals surface area contributed by atoms with Gasteiger partial charge in [0.05, 0.1) is 6.61 Å². The van der Waals surface area contributed by atoms with Crippen LogP contribution in [0.5, 0.6) is 5.75 Å². The second-order valence-electron chi connectivity index (χ2n) is 5.68. The number of aromatic nitrogens is 1. The number of ether oxygens (including phenoxy) is 1. The lowest BCUT2D eigenvalue weighted by Gasteiger charge is -2.11. The number of benzene rings is 1. The molecule has 0 saturated carbocycles. The van der Waals surface area contributed by atoms with Gasteiger partial charge in [0.15, 0.2) is 0 Å². The second kappa shape index (κ2) is 7.46. The number of hydrogen-bond acceptors (Lipinski definition) is 4. The van der Waals surface area contributed by atoms with Crippen LogP contribution in [0.1, 0.15) is 30.7 Å². The molecule has 4 heteroatoms. The van der Waals surface area contributed by atoms with Crippen LogP contribution in [0.4, 0.5) is 5.82 Å². The zero-order chi connectivity index (χ0) is 15.9. The van der Waals surface area contributed by atoms with E-state index in [0.717, 1.165) is 16.9 Å². The number of nitrogens with zero attached hydrogens (tertiary/aromatic N) is 2. The van der Waals surface area contributed by atoms with E-state index in [4.69, 9.17) is 10.00 Å². The summed E-state index contributed by atoms with van der Waals surface area (Å²) in [6.45, 7) is 7.48. The molecular weight excluding hydrogens is 274 g/mol. The van der Waals surface area contributed by atoms with Crippen LogP contribution in [-0.4, -0.2) is 11.6 Å². The Balaban J connectivity index is 1.99. The number of nitrogens with one attached hydrogen (secondary N) is 1. The molecule has 0 atom stereocenters. The molecule has 0 fully saturated rings. The van der Waals surface area contributed by atoms with Gasteiger partial charge in [0.25, 0.3) is 0 Å². The zero-order valence-electron chi connectivity index (χ0n) is 13.3. The van der Waals surface area contributed by atoms with Crippen molar-refractivity contribution in [2.24, 2.45) is 5.92 Å². The van der Waals surface area contributed by atoms with Crippen molar-refractivity contribution in [3.05, 3.63) is 53.2 Å². The van der Waals surface area contributed by atoms with Crippen LogP contribution < -0.4 is 10.1 Å². The molecule has 1 N–H and O–H groups in total. The monoisotopic (exact) mass is 295 g/mol. The van der Waals surface area contributed by atoms with Crippen LogP contribution in [0, 0.1) is 24.2 Å². The first-order valence-electron chi connectivity index (χ1n) is 7.42. The molecule has 0 aliphatic rings. The van der Waals surface area contributed by atoms with Crippen molar-refractivity contribution in [2.75, 3.05) is 11.9 Å². The minimum Gasteiger partial charge on any atom is -0.493 e. The van der Waals surface area contributed by atoms with Crippen molar-refractivity contribution in [3.8, 4) is 11.8 Å². The molecule has 1 aromatic carbocycles. The molecule has 1 aromatic heterocycles. The van der Waals surface area contributed by atoms with E-state index in [1.54, 1.807) is 0 Å². The van der Waals surface area contributed by atoms with E-state index < -0.39 is 0 Å². The van der Waals surface area contributed by atoms with Gasteiger partial charge in [-0.15, -0.1) is 0 Å². The number of pyridine rings is 1. The summed E-state index contributed by atoms with van der Waals surface area (Å²) < 4.78 is 5.73. The summed E-state index contributed by atoms with van der Waals surface area (Å²) in [5.74, 6) is 2.08. The minimum atomic E-state index is 0.457. The molecule has 2 aromatic rings. The lowest BCUT2D eigenvalue weighted by Crippen LogP contribution is -2.06. The number of anilines is 1. The molecule has 2 rings (SSSR count). The summed E-state index contributed by atoms with van der Waals surface area (Å²) in [7, 11) is 0. The van der Waals surface area contributed by atoms with Crippen molar-refractivity contribution in [1.82, 2.24) is 4.98 Å². The van der Waals surface area contributed by atoms with Crippen molar-refractivity contribution in [1.29, 1.82) is 5.26 Å². The van der Waals surface area contributed by atoms with Crippen LogP contribution in [0.15, 0.2) is 36.4 Å². The van der Waals surface area contributed by atoms with Crippen LogP contribution in [-0.2, 0) is 6.54 Å². The predicted octanol–water partition coefficient (Wildman–Crippen LogP) is 3.91. The lowest BCUT2D eigenvalue weighted by molar-refractivity contribution is 0.271. The Morgan fingerprint density at radius 1 is 1.27 bits per heavy atom. The van der Waals surface area contributed by atoms with Crippen LogP contribution in [0.2, 0.25) is 0 Å². The molecular formula is C18H21N3O. The van der Waals surface area contributed by atoms with Gasteiger partial charge in [0.1, 0.15) is 23.3 Å².